The van der Waals surface area contributed by atoms with E-state index < -0.39 is 17.5 Å². The second kappa shape index (κ2) is 5.01. The normalized spacial score (nSPS) is 10.8. The fourth-order valence-electron chi connectivity index (χ4n) is 2.15. The largest absolute Gasteiger partial charge is 0.451 e. The Bertz CT molecular complexity index is 839. The molecule has 3 nitrogen and oxygen atoms in total. The number of aryl methyl sites for hydroxylation is 1. The standard InChI is InChI=1S/C16H11F2NO2/c1-9-11-4-2-3-5-14(11)21-15(9)16(20)19-10-6-7-12(17)13(18)8-10/h2-8H,1H3,(H,19,20). The van der Waals surface area contributed by atoms with Crippen LogP contribution >= 0.6 is 0 Å². The summed E-state index contributed by atoms with van der Waals surface area (Å²) in [6.07, 6.45) is 0. The van der Waals surface area contributed by atoms with Gasteiger partial charge >= 0.3 is 0 Å². The van der Waals surface area contributed by atoms with Crippen LogP contribution in [0.1, 0.15) is 16.1 Å². The maximum Gasteiger partial charge on any atom is 0.291 e. The summed E-state index contributed by atoms with van der Waals surface area (Å²) >= 11 is 0. The van der Waals surface area contributed by atoms with Gasteiger partial charge < -0.3 is 9.73 Å². The molecule has 1 N–H and O–H groups in total. The lowest BCUT2D eigenvalue weighted by Gasteiger charge is -2.04. The van der Waals surface area contributed by atoms with Gasteiger partial charge in [0.05, 0.1) is 0 Å². The Balaban J connectivity index is 1.93. The van der Waals surface area contributed by atoms with E-state index in [9.17, 15) is 13.6 Å². The molecule has 0 spiro atoms. The van der Waals surface area contributed by atoms with E-state index in [-0.39, 0.29) is 11.4 Å². The zero-order valence-electron chi connectivity index (χ0n) is 11.1. The molecular formula is C16H11F2NO2. The molecular weight excluding hydrogens is 276 g/mol. The topological polar surface area (TPSA) is 42.2 Å². The van der Waals surface area contributed by atoms with Crippen LogP contribution in [0.5, 0.6) is 0 Å². The number of amides is 1. The molecule has 1 amide bonds. The van der Waals surface area contributed by atoms with E-state index in [1.54, 1.807) is 13.0 Å². The van der Waals surface area contributed by atoms with Crippen molar-refractivity contribution in [2.45, 2.75) is 6.92 Å². The number of hydrogen-bond acceptors (Lipinski definition) is 2. The highest BCUT2D eigenvalue weighted by Crippen LogP contribution is 2.25. The van der Waals surface area contributed by atoms with Gasteiger partial charge in [-0.1, -0.05) is 18.2 Å². The van der Waals surface area contributed by atoms with E-state index in [0.717, 1.165) is 17.5 Å². The van der Waals surface area contributed by atoms with Gasteiger partial charge in [0.15, 0.2) is 17.4 Å². The van der Waals surface area contributed by atoms with Crippen LogP contribution in [0, 0.1) is 18.6 Å². The van der Waals surface area contributed by atoms with Crippen LogP contribution in [0.3, 0.4) is 0 Å². The number of hydrogen-bond donors (Lipinski definition) is 1. The molecule has 0 aliphatic heterocycles. The van der Waals surface area contributed by atoms with Crippen LogP contribution in [0.2, 0.25) is 0 Å². The van der Waals surface area contributed by atoms with E-state index in [4.69, 9.17) is 4.42 Å². The van der Waals surface area contributed by atoms with Gasteiger partial charge in [-0.3, -0.25) is 4.79 Å². The van der Waals surface area contributed by atoms with Crippen molar-refractivity contribution in [1.29, 1.82) is 0 Å². The maximum absolute atomic E-state index is 13.1. The molecule has 0 atom stereocenters. The first-order valence-electron chi connectivity index (χ1n) is 6.31. The molecule has 0 aliphatic rings. The van der Waals surface area contributed by atoms with Crippen LogP contribution in [-0.4, -0.2) is 5.91 Å². The summed E-state index contributed by atoms with van der Waals surface area (Å²) in [5, 5.41) is 3.33. The first-order chi connectivity index (χ1) is 10.1. The van der Waals surface area contributed by atoms with Crippen LogP contribution in [0.25, 0.3) is 11.0 Å². The SMILES string of the molecule is Cc1c(C(=O)Nc2ccc(F)c(F)c2)oc2ccccc12. The minimum atomic E-state index is -1.02. The number of para-hydroxylation sites is 1. The maximum atomic E-state index is 13.1. The van der Waals surface area contributed by atoms with Crippen molar-refractivity contribution in [3.05, 3.63) is 65.4 Å². The van der Waals surface area contributed by atoms with Gasteiger partial charge in [0.25, 0.3) is 5.91 Å². The van der Waals surface area contributed by atoms with Gasteiger partial charge in [0, 0.05) is 22.7 Å². The Kier molecular flexibility index (Phi) is 3.17. The van der Waals surface area contributed by atoms with E-state index in [1.165, 1.54) is 6.07 Å². The first kappa shape index (κ1) is 13.3. The molecule has 3 rings (SSSR count). The van der Waals surface area contributed by atoms with Crippen molar-refractivity contribution < 1.29 is 18.0 Å². The molecule has 0 aliphatic carbocycles. The monoisotopic (exact) mass is 287 g/mol. The summed E-state index contributed by atoms with van der Waals surface area (Å²) in [5.41, 5.74) is 1.47. The van der Waals surface area contributed by atoms with E-state index >= 15 is 0 Å². The molecule has 0 saturated heterocycles. The number of anilines is 1. The number of furan rings is 1. The zero-order chi connectivity index (χ0) is 15.0. The molecule has 0 radical (unpaired) electrons. The fourth-order valence-corrected chi connectivity index (χ4v) is 2.15. The number of carbonyl (C=O) groups excluding carboxylic acids is 1. The molecule has 0 saturated carbocycles. The second-order valence-electron chi connectivity index (χ2n) is 4.64. The average molecular weight is 287 g/mol. The predicted molar refractivity (Wildman–Crippen MR) is 75.3 cm³/mol. The summed E-state index contributed by atoms with van der Waals surface area (Å²) < 4.78 is 31.5. The lowest BCUT2D eigenvalue weighted by Crippen LogP contribution is -2.12. The summed E-state index contributed by atoms with van der Waals surface area (Å²) in [5.74, 6) is -2.34. The van der Waals surface area contributed by atoms with Crippen molar-refractivity contribution in [2.75, 3.05) is 5.32 Å². The van der Waals surface area contributed by atoms with Crippen LogP contribution in [-0.2, 0) is 0 Å². The third-order valence-electron chi connectivity index (χ3n) is 3.23. The molecule has 21 heavy (non-hydrogen) atoms. The number of fused-ring (bicyclic) bond motifs is 1. The zero-order valence-corrected chi connectivity index (χ0v) is 11.1. The Morgan fingerprint density at radius 1 is 1.10 bits per heavy atom. The van der Waals surface area contributed by atoms with Crippen LogP contribution in [0.15, 0.2) is 46.9 Å². The number of carbonyl (C=O) groups is 1. The molecule has 1 heterocycles. The average Bonchev–Trinajstić information content (AvgIpc) is 2.81. The van der Waals surface area contributed by atoms with E-state index in [1.807, 2.05) is 18.2 Å². The van der Waals surface area contributed by atoms with Gasteiger partial charge in [-0.25, -0.2) is 8.78 Å². The quantitative estimate of drug-likeness (QED) is 0.764. The van der Waals surface area contributed by atoms with Gasteiger partial charge in [-0.15, -0.1) is 0 Å². The smallest absolute Gasteiger partial charge is 0.291 e. The van der Waals surface area contributed by atoms with Crippen molar-refractivity contribution in [3.8, 4) is 0 Å². The molecule has 1 aromatic heterocycles. The number of rotatable bonds is 2. The van der Waals surface area contributed by atoms with Gasteiger partial charge in [-0.05, 0) is 25.1 Å². The minimum absolute atomic E-state index is 0.154. The number of halogens is 2. The molecule has 5 heteroatoms. The first-order valence-corrected chi connectivity index (χ1v) is 6.31. The highest BCUT2D eigenvalue weighted by molar-refractivity contribution is 6.06. The molecule has 0 unspecified atom stereocenters. The van der Waals surface area contributed by atoms with Crippen molar-refractivity contribution >= 4 is 22.6 Å². The van der Waals surface area contributed by atoms with Gasteiger partial charge in [-0.2, -0.15) is 0 Å². The summed E-state index contributed by atoms with van der Waals surface area (Å²) in [4.78, 5) is 12.2. The highest BCUT2D eigenvalue weighted by atomic mass is 19.2. The molecule has 0 fully saturated rings. The molecule has 106 valence electrons. The van der Waals surface area contributed by atoms with Crippen molar-refractivity contribution in [2.24, 2.45) is 0 Å². The third kappa shape index (κ3) is 2.38. The van der Waals surface area contributed by atoms with Crippen molar-refractivity contribution in [3.63, 3.8) is 0 Å². The van der Waals surface area contributed by atoms with Crippen molar-refractivity contribution in [1.82, 2.24) is 0 Å². The third-order valence-corrected chi connectivity index (χ3v) is 3.23. The molecule has 2 aromatic carbocycles. The fraction of sp³-hybridized carbons (Fsp3) is 0.0625. The Hall–Kier alpha value is -2.69. The Morgan fingerprint density at radius 2 is 1.86 bits per heavy atom. The Labute approximate surface area is 119 Å². The van der Waals surface area contributed by atoms with Crippen LogP contribution < -0.4 is 5.32 Å². The Morgan fingerprint density at radius 3 is 2.57 bits per heavy atom. The minimum Gasteiger partial charge on any atom is -0.451 e. The predicted octanol–water partition coefficient (Wildman–Crippen LogP) is 4.27. The second-order valence-corrected chi connectivity index (χ2v) is 4.64. The van der Waals surface area contributed by atoms with E-state index in [0.29, 0.717) is 11.1 Å². The van der Waals surface area contributed by atoms with Gasteiger partial charge in [0.1, 0.15) is 5.58 Å². The highest BCUT2D eigenvalue weighted by Gasteiger charge is 2.17. The van der Waals surface area contributed by atoms with Gasteiger partial charge in [0.2, 0.25) is 0 Å². The lowest BCUT2D eigenvalue weighted by molar-refractivity contribution is 0.0998. The molecule has 0 bridgehead atoms. The molecule has 3 aromatic rings. The number of nitrogens with one attached hydrogen (secondary N) is 1. The summed E-state index contributed by atoms with van der Waals surface area (Å²) in [7, 11) is 0. The van der Waals surface area contributed by atoms with E-state index in [2.05, 4.69) is 5.32 Å². The summed E-state index contributed by atoms with van der Waals surface area (Å²) in [6.45, 7) is 1.77. The lowest BCUT2D eigenvalue weighted by atomic mass is 10.1. The summed E-state index contributed by atoms with van der Waals surface area (Å²) in [6, 6.07) is 10.4. The number of benzene rings is 2. The van der Waals surface area contributed by atoms with Crippen LogP contribution in [0.4, 0.5) is 14.5 Å².